The van der Waals surface area contributed by atoms with Crippen LogP contribution < -0.4 is 5.32 Å². The fraction of sp³-hybridized carbons (Fsp3) is 0.407. The van der Waals surface area contributed by atoms with Crippen molar-refractivity contribution in [2.45, 2.75) is 50.8 Å². The van der Waals surface area contributed by atoms with E-state index in [9.17, 15) is 8.42 Å². The molecule has 12 heteroatoms. The molecule has 1 saturated heterocycles. The summed E-state index contributed by atoms with van der Waals surface area (Å²) in [7, 11) is -3.77. The van der Waals surface area contributed by atoms with Crippen molar-refractivity contribution in [3.8, 4) is 0 Å². The maximum absolute atomic E-state index is 16.1. The third-order valence-electron chi connectivity index (χ3n) is 6.42. The lowest BCUT2D eigenvalue weighted by atomic mass is 10.1. The third-order valence-corrected chi connectivity index (χ3v) is 7.25. The Balaban J connectivity index is 1.35. The second-order valence-electron chi connectivity index (χ2n) is 9.32. The van der Waals surface area contributed by atoms with Gasteiger partial charge in [-0.25, -0.2) is 17.8 Å². The summed E-state index contributed by atoms with van der Waals surface area (Å²) in [6, 6.07) is 19.1. The lowest BCUT2D eigenvalue weighted by molar-refractivity contribution is -0.0721. The predicted octanol–water partition coefficient (Wildman–Crippen LogP) is 2.73. The van der Waals surface area contributed by atoms with E-state index < -0.39 is 45.7 Å². The highest BCUT2D eigenvalue weighted by molar-refractivity contribution is 8.05. The normalized spacial score (nSPS) is 26.4. The van der Waals surface area contributed by atoms with Gasteiger partial charge in [-0.15, -0.1) is 5.10 Å². The monoisotopic (exact) mass is 558 g/mol. The summed E-state index contributed by atoms with van der Waals surface area (Å²) < 4.78 is 64.4. The first-order chi connectivity index (χ1) is 18.8. The van der Waals surface area contributed by atoms with Gasteiger partial charge in [0.05, 0.1) is 32.1 Å². The Bertz CT molecular complexity index is 1340. The lowest BCUT2D eigenvalue weighted by Crippen LogP contribution is -2.48. The van der Waals surface area contributed by atoms with E-state index in [0.29, 0.717) is 12.3 Å². The smallest absolute Gasteiger partial charge is 0.268 e. The highest BCUT2D eigenvalue weighted by Gasteiger charge is 2.52. The number of rotatable bonds is 9. The second kappa shape index (κ2) is 11.8. The van der Waals surface area contributed by atoms with Crippen LogP contribution in [0.25, 0.3) is 0 Å². The summed E-state index contributed by atoms with van der Waals surface area (Å²) in [4.78, 5) is 4.07. The number of sulfone groups is 1. The summed E-state index contributed by atoms with van der Waals surface area (Å²) in [6.07, 6.45) is -2.51. The average Bonchev–Trinajstić information content (AvgIpc) is 3.49. The van der Waals surface area contributed by atoms with E-state index in [1.165, 1.54) is 5.01 Å². The largest absolute Gasteiger partial charge is 0.478 e. The molecule has 0 radical (unpaired) electrons. The van der Waals surface area contributed by atoms with Crippen LogP contribution in [0.3, 0.4) is 0 Å². The van der Waals surface area contributed by atoms with Crippen molar-refractivity contribution in [3.63, 3.8) is 0 Å². The van der Waals surface area contributed by atoms with Crippen LogP contribution in [0, 0.1) is 0 Å². The number of amidine groups is 1. The van der Waals surface area contributed by atoms with E-state index in [2.05, 4.69) is 15.4 Å². The standard InChI is InChI=1S/C27H31FN4O6S/c1-3-36-26-25-29-14-20(32(25)31-27(30-26)39(2,33)34)23-22(28)24(37-16-19-12-8-5-9-13-19)21(38-23)17-35-15-18-10-6-4-7-11-18/h4-14,21-25,29H,3,15-17H2,1-2H3/t21-,22+,23+,24-,25?/m1/s1. The van der Waals surface area contributed by atoms with Crippen molar-refractivity contribution in [2.24, 2.45) is 10.1 Å². The molecule has 0 amide bonds. The Kier molecular flexibility index (Phi) is 8.26. The molecule has 0 spiro atoms. The van der Waals surface area contributed by atoms with Gasteiger partial charge in [0.1, 0.15) is 18.3 Å². The molecule has 5 rings (SSSR count). The molecule has 3 heterocycles. The molecule has 1 N–H and O–H groups in total. The van der Waals surface area contributed by atoms with E-state index in [1.807, 2.05) is 60.7 Å². The molecule has 0 aromatic heterocycles. The summed E-state index contributed by atoms with van der Waals surface area (Å²) in [5, 5.41) is 8.18. The summed E-state index contributed by atoms with van der Waals surface area (Å²) in [5.74, 6) is 0.118. The van der Waals surface area contributed by atoms with Gasteiger partial charge in [0.2, 0.25) is 15.7 Å². The number of halogens is 1. The minimum absolute atomic E-state index is 0.0961. The molecule has 5 atom stereocenters. The van der Waals surface area contributed by atoms with Gasteiger partial charge in [-0.2, -0.15) is 4.99 Å². The zero-order valence-electron chi connectivity index (χ0n) is 21.6. The number of aliphatic imine (C=N–C) groups is 1. The molecular formula is C27H31FN4O6S. The van der Waals surface area contributed by atoms with Gasteiger partial charge in [0.15, 0.2) is 12.3 Å². The second-order valence-corrected chi connectivity index (χ2v) is 11.2. The van der Waals surface area contributed by atoms with Crippen molar-refractivity contribution in [1.29, 1.82) is 0 Å². The predicted molar refractivity (Wildman–Crippen MR) is 143 cm³/mol. The highest BCUT2D eigenvalue weighted by Crippen LogP contribution is 2.36. The molecule has 3 aliphatic heterocycles. The van der Waals surface area contributed by atoms with Gasteiger partial charge in [-0.1, -0.05) is 60.7 Å². The SMILES string of the molecule is CCOC1=NC(S(C)(=O)=O)=NN2C([C@@H]3O[C@H](COCc4ccccc4)[C@@H](OCc4ccccc4)[C@H]3F)=CNC12. The van der Waals surface area contributed by atoms with Gasteiger partial charge in [0, 0.05) is 12.5 Å². The van der Waals surface area contributed by atoms with Crippen molar-refractivity contribution in [3.05, 3.63) is 83.7 Å². The Morgan fingerprint density at radius 2 is 1.72 bits per heavy atom. The maximum Gasteiger partial charge on any atom is 0.268 e. The Morgan fingerprint density at radius 3 is 2.36 bits per heavy atom. The molecule has 2 aromatic carbocycles. The van der Waals surface area contributed by atoms with Gasteiger partial charge in [-0.3, -0.25) is 0 Å². The first kappa shape index (κ1) is 27.3. The van der Waals surface area contributed by atoms with E-state index >= 15 is 4.39 Å². The van der Waals surface area contributed by atoms with Crippen LogP contribution in [-0.4, -0.2) is 74.6 Å². The van der Waals surface area contributed by atoms with Gasteiger partial charge < -0.3 is 24.3 Å². The number of nitrogens with zero attached hydrogens (tertiary/aromatic N) is 3. The quantitative estimate of drug-likeness (QED) is 0.500. The van der Waals surface area contributed by atoms with Crippen LogP contribution in [0.15, 0.2) is 82.7 Å². The Hall–Kier alpha value is -3.32. The maximum atomic E-state index is 16.1. The first-order valence-electron chi connectivity index (χ1n) is 12.7. The van der Waals surface area contributed by atoms with E-state index in [4.69, 9.17) is 18.9 Å². The molecule has 10 nitrogen and oxygen atoms in total. The topological polar surface area (TPSA) is 111 Å². The highest BCUT2D eigenvalue weighted by atomic mass is 32.2. The molecular weight excluding hydrogens is 527 g/mol. The molecule has 208 valence electrons. The van der Waals surface area contributed by atoms with Crippen LogP contribution in [0.1, 0.15) is 18.1 Å². The van der Waals surface area contributed by atoms with Crippen LogP contribution in [-0.2, 0) is 42.0 Å². The number of hydrogen-bond acceptors (Lipinski definition) is 10. The zero-order chi connectivity index (χ0) is 27.4. The number of hydrogen-bond donors (Lipinski definition) is 1. The van der Waals surface area contributed by atoms with E-state index in [0.717, 1.165) is 17.4 Å². The Morgan fingerprint density at radius 1 is 1.05 bits per heavy atom. The number of nitrogens with one attached hydrogen (secondary N) is 1. The third kappa shape index (κ3) is 6.14. The number of hydrazone groups is 1. The van der Waals surface area contributed by atoms with E-state index in [1.54, 1.807) is 13.1 Å². The lowest BCUT2D eigenvalue weighted by Gasteiger charge is -2.30. The number of fused-ring (bicyclic) bond motifs is 1. The van der Waals surface area contributed by atoms with Gasteiger partial charge >= 0.3 is 0 Å². The number of ether oxygens (including phenoxy) is 4. The van der Waals surface area contributed by atoms with Gasteiger partial charge in [0.25, 0.3) is 5.17 Å². The van der Waals surface area contributed by atoms with Crippen molar-refractivity contribution < 1.29 is 31.8 Å². The van der Waals surface area contributed by atoms with Crippen molar-refractivity contribution >= 4 is 20.9 Å². The minimum Gasteiger partial charge on any atom is -0.478 e. The fourth-order valence-electron chi connectivity index (χ4n) is 4.56. The zero-order valence-corrected chi connectivity index (χ0v) is 22.5. The van der Waals surface area contributed by atoms with Crippen molar-refractivity contribution in [2.75, 3.05) is 19.5 Å². The van der Waals surface area contributed by atoms with Crippen LogP contribution in [0.2, 0.25) is 0 Å². The van der Waals surface area contributed by atoms with E-state index in [-0.39, 0.29) is 25.7 Å². The molecule has 39 heavy (non-hydrogen) atoms. The molecule has 1 fully saturated rings. The molecule has 1 unspecified atom stereocenters. The molecule has 2 aromatic rings. The summed E-state index contributed by atoms with van der Waals surface area (Å²) in [5.41, 5.74) is 2.18. The molecule has 3 aliphatic rings. The molecule has 0 aliphatic carbocycles. The number of benzene rings is 2. The van der Waals surface area contributed by atoms with Crippen LogP contribution >= 0.6 is 0 Å². The van der Waals surface area contributed by atoms with Crippen LogP contribution in [0.4, 0.5) is 4.39 Å². The fourth-order valence-corrected chi connectivity index (χ4v) is 5.05. The Labute approximate surface area is 227 Å². The summed E-state index contributed by atoms with van der Waals surface area (Å²) in [6.45, 7) is 2.65. The van der Waals surface area contributed by atoms with Crippen LogP contribution in [0.5, 0.6) is 0 Å². The number of alkyl halides is 1. The first-order valence-corrected chi connectivity index (χ1v) is 14.6. The van der Waals surface area contributed by atoms with Gasteiger partial charge in [-0.05, 0) is 18.1 Å². The minimum atomic E-state index is -3.77. The molecule has 0 saturated carbocycles. The average molecular weight is 559 g/mol. The summed E-state index contributed by atoms with van der Waals surface area (Å²) >= 11 is 0. The van der Waals surface area contributed by atoms with Crippen molar-refractivity contribution in [1.82, 2.24) is 10.3 Å². The molecule has 0 bridgehead atoms.